The van der Waals surface area contributed by atoms with E-state index < -0.39 is 10.0 Å². The standard InChI is InChI=1S/C14H20N2O4S/c1-2-21(18,19)16-9-8-15-14(17)12-7-10-20-13-6-4-3-5-11(12)13/h3-6,12,16H,2,7-10H2,1H3,(H,15,17)/t12-/m1/s1. The molecule has 0 saturated heterocycles. The van der Waals surface area contributed by atoms with Crippen molar-refractivity contribution >= 4 is 15.9 Å². The van der Waals surface area contributed by atoms with Gasteiger partial charge < -0.3 is 10.1 Å². The SMILES string of the molecule is CCS(=O)(=O)NCCNC(=O)[C@@H]1CCOc2ccccc21. The second-order valence-electron chi connectivity index (χ2n) is 4.82. The molecule has 6 nitrogen and oxygen atoms in total. The van der Waals surface area contributed by atoms with Crippen LogP contribution in [0.5, 0.6) is 5.75 Å². The number of carbonyl (C=O) groups is 1. The highest BCUT2D eigenvalue weighted by Gasteiger charge is 2.26. The fourth-order valence-corrected chi connectivity index (χ4v) is 2.85. The molecule has 116 valence electrons. The fourth-order valence-electron chi connectivity index (χ4n) is 2.23. The lowest BCUT2D eigenvalue weighted by Crippen LogP contribution is -2.38. The maximum absolute atomic E-state index is 12.2. The number of ether oxygens (including phenoxy) is 1. The van der Waals surface area contributed by atoms with Crippen LogP contribution in [-0.4, -0.2) is 39.8 Å². The van der Waals surface area contributed by atoms with E-state index >= 15 is 0 Å². The molecule has 2 rings (SSSR count). The molecule has 1 aromatic carbocycles. The van der Waals surface area contributed by atoms with E-state index in [2.05, 4.69) is 10.0 Å². The molecule has 1 atom stereocenters. The van der Waals surface area contributed by atoms with Crippen LogP contribution in [0.3, 0.4) is 0 Å². The number of sulfonamides is 1. The first-order chi connectivity index (χ1) is 10.0. The Bertz CT molecular complexity index is 601. The Labute approximate surface area is 124 Å². The summed E-state index contributed by atoms with van der Waals surface area (Å²) in [6.07, 6.45) is 0.629. The first kappa shape index (κ1) is 15.8. The van der Waals surface area contributed by atoms with Crippen LogP contribution in [0.15, 0.2) is 24.3 Å². The molecular weight excluding hydrogens is 292 g/mol. The van der Waals surface area contributed by atoms with Gasteiger partial charge in [-0.25, -0.2) is 13.1 Å². The van der Waals surface area contributed by atoms with Gasteiger partial charge in [-0.05, 0) is 19.4 Å². The molecule has 1 aromatic rings. The maximum Gasteiger partial charge on any atom is 0.227 e. The van der Waals surface area contributed by atoms with Crippen molar-refractivity contribution < 1.29 is 17.9 Å². The molecular formula is C14H20N2O4S. The van der Waals surface area contributed by atoms with Crippen LogP contribution >= 0.6 is 0 Å². The van der Waals surface area contributed by atoms with Crippen LogP contribution in [0.25, 0.3) is 0 Å². The number of para-hydroxylation sites is 1. The van der Waals surface area contributed by atoms with Gasteiger partial charge >= 0.3 is 0 Å². The van der Waals surface area contributed by atoms with E-state index in [0.717, 1.165) is 11.3 Å². The zero-order valence-corrected chi connectivity index (χ0v) is 12.8. The summed E-state index contributed by atoms with van der Waals surface area (Å²) in [6, 6.07) is 7.49. The van der Waals surface area contributed by atoms with Crippen molar-refractivity contribution in [3.8, 4) is 5.75 Å². The Morgan fingerprint density at radius 1 is 1.33 bits per heavy atom. The van der Waals surface area contributed by atoms with E-state index in [0.29, 0.717) is 13.0 Å². The predicted octanol–water partition coefficient (Wildman–Crippen LogP) is 0.608. The minimum absolute atomic E-state index is 0.0360. The van der Waals surface area contributed by atoms with E-state index in [-0.39, 0.29) is 30.7 Å². The second-order valence-corrected chi connectivity index (χ2v) is 6.91. The van der Waals surface area contributed by atoms with Crippen LogP contribution in [-0.2, 0) is 14.8 Å². The molecule has 0 fully saturated rings. The molecule has 0 spiro atoms. The summed E-state index contributed by atoms with van der Waals surface area (Å²) < 4.78 is 30.5. The molecule has 0 radical (unpaired) electrons. The lowest BCUT2D eigenvalue weighted by Gasteiger charge is -2.25. The number of amides is 1. The van der Waals surface area contributed by atoms with Gasteiger partial charge in [0.1, 0.15) is 5.75 Å². The first-order valence-electron chi connectivity index (χ1n) is 7.00. The quantitative estimate of drug-likeness (QED) is 0.754. The summed E-state index contributed by atoms with van der Waals surface area (Å²) >= 11 is 0. The summed E-state index contributed by atoms with van der Waals surface area (Å²) in [7, 11) is -3.21. The largest absolute Gasteiger partial charge is 0.493 e. The Hall–Kier alpha value is -1.60. The molecule has 1 aliphatic rings. The molecule has 1 heterocycles. The molecule has 1 aliphatic heterocycles. The number of nitrogens with one attached hydrogen (secondary N) is 2. The van der Waals surface area contributed by atoms with Crippen molar-refractivity contribution in [1.82, 2.24) is 10.0 Å². The minimum Gasteiger partial charge on any atom is -0.493 e. The maximum atomic E-state index is 12.2. The van der Waals surface area contributed by atoms with Crippen molar-refractivity contribution in [2.75, 3.05) is 25.4 Å². The van der Waals surface area contributed by atoms with Crippen LogP contribution in [0.1, 0.15) is 24.8 Å². The number of carbonyl (C=O) groups excluding carboxylic acids is 1. The average Bonchev–Trinajstić information content (AvgIpc) is 2.51. The number of rotatable bonds is 6. The molecule has 0 saturated carbocycles. The Morgan fingerprint density at radius 2 is 2.10 bits per heavy atom. The molecule has 0 aromatic heterocycles. The number of hydrogen-bond acceptors (Lipinski definition) is 4. The third-order valence-corrected chi connectivity index (χ3v) is 4.81. The average molecular weight is 312 g/mol. The zero-order chi connectivity index (χ0) is 15.3. The highest BCUT2D eigenvalue weighted by Crippen LogP contribution is 2.33. The minimum atomic E-state index is -3.21. The Balaban J connectivity index is 1.88. The third-order valence-electron chi connectivity index (χ3n) is 3.40. The molecule has 2 N–H and O–H groups in total. The van der Waals surface area contributed by atoms with Crippen molar-refractivity contribution in [2.45, 2.75) is 19.3 Å². The van der Waals surface area contributed by atoms with Gasteiger partial charge in [-0.15, -0.1) is 0 Å². The van der Waals surface area contributed by atoms with E-state index in [9.17, 15) is 13.2 Å². The van der Waals surface area contributed by atoms with Crippen molar-refractivity contribution in [3.63, 3.8) is 0 Å². The molecule has 7 heteroatoms. The van der Waals surface area contributed by atoms with Gasteiger partial charge in [-0.2, -0.15) is 0 Å². The van der Waals surface area contributed by atoms with Gasteiger partial charge in [0.05, 0.1) is 18.3 Å². The number of benzene rings is 1. The fraction of sp³-hybridized carbons (Fsp3) is 0.500. The number of fused-ring (bicyclic) bond motifs is 1. The smallest absolute Gasteiger partial charge is 0.227 e. The summed E-state index contributed by atoms with van der Waals surface area (Å²) in [5, 5.41) is 2.77. The molecule has 0 bridgehead atoms. The third kappa shape index (κ3) is 4.18. The topological polar surface area (TPSA) is 84.5 Å². The summed E-state index contributed by atoms with van der Waals surface area (Å²) in [5.74, 6) is 0.448. The second kappa shape index (κ2) is 6.91. The van der Waals surface area contributed by atoms with Crippen LogP contribution in [0.2, 0.25) is 0 Å². The Kier molecular flexibility index (Phi) is 5.19. The van der Waals surface area contributed by atoms with Crippen LogP contribution < -0.4 is 14.8 Å². The lowest BCUT2D eigenvalue weighted by atomic mass is 9.92. The van der Waals surface area contributed by atoms with Crippen molar-refractivity contribution in [2.24, 2.45) is 0 Å². The van der Waals surface area contributed by atoms with Gasteiger partial charge in [-0.3, -0.25) is 4.79 Å². The van der Waals surface area contributed by atoms with Gasteiger partial charge in [-0.1, -0.05) is 18.2 Å². The van der Waals surface area contributed by atoms with E-state index in [1.807, 2.05) is 24.3 Å². The Morgan fingerprint density at radius 3 is 2.86 bits per heavy atom. The predicted molar refractivity (Wildman–Crippen MR) is 79.8 cm³/mol. The molecule has 0 aliphatic carbocycles. The summed E-state index contributed by atoms with van der Waals surface area (Å²) in [5.41, 5.74) is 0.885. The highest BCUT2D eigenvalue weighted by atomic mass is 32.2. The van der Waals surface area contributed by atoms with Gasteiger partial charge in [0.2, 0.25) is 15.9 Å². The monoisotopic (exact) mass is 312 g/mol. The number of hydrogen-bond donors (Lipinski definition) is 2. The zero-order valence-electron chi connectivity index (χ0n) is 12.0. The first-order valence-corrected chi connectivity index (χ1v) is 8.65. The van der Waals surface area contributed by atoms with Gasteiger partial charge in [0, 0.05) is 18.7 Å². The van der Waals surface area contributed by atoms with Crippen molar-refractivity contribution in [1.29, 1.82) is 0 Å². The summed E-state index contributed by atoms with van der Waals surface area (Å²) in [4.78, 5) is 12.2. The van der Waals surface area contributed by atoms with E-state index in [1.165, 1.54) is 0 Å². The van der Waals surface area contributed by atoms with E-state index in [4.69, 9.17) is 4.74 Å². The lowest BCUT2D eigenvalue weighted by molar-refractivity contribution is -0.123. The van der Waals surface area contributed by atoms with E-state index in [1.54, 1.807) is 6.92 Å². The molecule has 21 heavy (non-hydrogen) atoms. The van der Waals surface area contributed by atoms with Crippen molar-refractivity contribution in [3.05, 3.63) is 29.8 Å². The van der Waals surface area contributed by atoms with Gasteiger partial charge in [0.15, 0.2) is 0 Å². The van der Waals surface area contributed by atoms with Crippen LogP contribution in [0, 0.1) is 0 Å². The van der Waals surface area contributed by atoms with Gasteiger partial charge in [0.25, 0.3) is 0 Å². The highest BCUT2D eigenvalue weighted by molar-refractivity contribution is 7.89. The normalized spacial score (nSPS) is 17.7. The van der Waals surface area contributed by atoms with Crippen LogP contribution in [0.4, 0.5) is 0 Å². The summed E-state index contributed by atoms with van der Waals surface area (Å²) in [6.45, 7) is 2.56. The molecule has 0 unspecified atom stereocenters. The molecule has 1 amide bonds.